The Morgan fingerprint density at radius 2 is 1.39 bits per heavy atom. The minimum absolute atomic E-state index is 0.0545. The fourth-order valence-corrected chi connectivity index (χ4v) is 7.05. The molecule has 7 heteroatoms. The summed E-state index contributed by atoms with van der Waals surface area (Å²) in [5.41, 5.74) is 0.0545. The normalized spacial score (nSPS) is 44.9. The molecule has 5 aliphatic rings. The van der Waals surface area contributed by atoms with E-state index in [2.05, 4.69) is 5.32 Å². The average molecular weight is 397 g/mol. The highest BCUT2D eigenvalue weighted by molar-refractivity contribution is 5.76. The van der Waals surface area contributed by atoms with Gasteiger partial charge >= 0.3 is 0 Å². The van der Waals surface area contributed by atoms with E-state index in [1.807, 2.05) is 0 Å². The van der Waals surface area contributed by atoms with Gasteiger partial charge in [0.25, 0.3) is 0 Å². The highest BCUT2D eigenvalue weighted by Crippen LogP contribution is 2.55. The molecule has 28 heavy (non-hydrogen) atoms. The van der Waals surface area contributed by atoms with E-state index < -0.39 is 24.3 Å². The van der Waals surface area contributed by atoms with Crippen LogP contribution in [0.1, 0.15) is 57.8 Å². The number of carbonyl (C=O) groups excluding carboxylic acids is 1. The zero-order valence-electron chi connectivity index (χ0n) is 16.7. The SMILES string of the molecule is O=C(CCCCN1[C@H](CO)[C@@H](O)[C@H](O)[C@@H]1CO)NC12CC3CC(CC(C3)C1)C2. The van der Waals surface area contributed by atoms with Crippen LogP contribution >= 0.6 is 0 Å². The van der Waals surface area contributed by atoms with Crippen molar-refractivity contribution in [2.75, 3.05) is 19.8 Å². The van der Waals surface area contributed by atoms with Crippen molar-refractivity contribution in [1.82, 2.24) is 10.2 Å². The van der Waals surface area contributed by atoms with Gasteiger partial charge in [0.1, 0.15) is 0 Å². The third kappa shape index (κ3) is 3.84. The monoisotopic (exact) mass is 396 g/mol. The third-order valence-corrected chi connectivity index (χ3v) is 7.88. The van der Waals surface area contributed by atoms with Crippen LogP contribution in [0.3, 0.4) is 0 Å². The lowest BCUT2D eigenvalue weighted by Gasteiger charge is -2.56. The predicted octanol–water partition coefficient (Wildman–Crippen LogP) is 0.000900. The highest BCUT2D eigenvalue weighted by atomic mass is 16.3. The summed E-state index contributed by atoms with van der Waals surface area (Å²) in [6.45, 7) is 0.0116. The van der Waals surface area contributed by atoms with Gasteiger partial charge < -0.3 is 25.7 Å². The third-order valence-electron chi connectivity index (χ3n) is 7.88. The van der Waals surface area contributed by atoms with E-state index in [1.54, 1.807) is 4.90 Å². The topological polar surface area (TPSA) is 113 Å². The Morgan fingerprint density at radius 1 is 0.893 bits per heavy atom. The van der Waals surface area contributed by atoms with Gasteiger partial charge in [-0.2, -0.15) is 0 Å². The highest BCUT2D eigenvalue weighted by Gasteiger charge is 2.51. The van der Waals surface area contributed by atoms with Crippen molar-refractivity contribution in [1.29, 1.82) is 0 Å². The quantitative estimate of drug-likeness (QED) is 0.369. The molecule has 1 aliphatic heterocycles. The van der Waals surface area contributed by atoms with Gasteiger partial charge in [-0.1, -0.05) is 0 Å². The molecule has 4 saturated carbocycles. The first-order valence-corrected chi connectivity index (χ1v) is 11.1. The first kappa shape index (κ1) is 20.5. The maximum Gasteiger partial charge on any atom is 0.220 e. The van der Waals surface area contributed by atoms with Gasteiger partial charge in [0, 0.05) is 12.0 Å². The largest absolute Gasteiger partial charge is 0.395 e. The van der Waals surface area contributed by atoms with Gasteiger partial charge in [-0.3, -0.25) is 9.69 Å². The van der Waals surface area contributed by atoms with Crippen molar-refractivity contribution in [2.24, 2.45) is 17.8 Å². The van der Waals surface area contributed by atoms with E-state index in [9.17, 15) is 25.2 Å². The molecule has 0 aromatic rings. The number of hydrogen-bond acceptors (Lipinski definition) is 6. The Hall–Kier alpha value is -0.730. The molecule has 5 rings (SSSR count). The number of nitrogens with one attached hydrogen (secondary N) is 1. The Balaban J connectivity index is 1.23. The number of likely N-dealkylation sites (tertiary alicyclic amines) is 1. The van der Waals surface area contributed by atoms with Gasteiger partial charge in [-0.15, -0.1) is 0 Å². The standard InChI is InChI=1S/C21H36N2O5/c24-11-16-19(27)20(28)17(12-25)23(16)4-2-1-3-18(26)22-21-8-13-5-14(9-21)7-15(6-13)10-21/h13-17,19-20,24-25,27-28H,1-12H2,(H,22,26)/t13?,14?,15?,16-,17+,19-,20-,21?/m1/s1. The van der Waals surface area contributed by atoms with E-state index in [0.29, 0.717) is 13.0 Å². The van der Waals surface area contributed by atoms with Gasteiger partial charge in [0.05, 0.1) is 37.5 Å². The molecule has 5 fully saturated rings. The molecule has 4 aliphatic carbocycles. The molecule has 0 spiro atoms. The van der Waals surface area contributed by atoms with Gasteiger partial charge in [0.15, 0.2) is 0 Å². The molecular weight excluding hydrogens is 360 g/mol. The van der Waals surface area contributed by atoms with Gasteiger partial charge in [0.2, 0.25) is 5.91 Å². The van der Waals surface area contributed by atoms with Crippen molar-refractivity contribution in [3.05, 3.63) is 0 Å². The van der Waals surface area contributed by atoms with Crippen molar-refractivity contribution in [2.45, 2.75) is 87.6 Å². The second-order valence-corrected chi connectivity index (χ2v) is 9.92. The fourth-order valence-electron chi connectivity index (χ4n) is 7.05. The molecule has 7 nitrogen and oxygen atoms in total. The lowest BCUT2D eigenvalue weighted by atomic mass is 9.53. The van der Waals surface area contributed by atoms with E-state index in [4.69, 9.17) is 0 Å². The van der Waals surface area contributed by atoms with Crippen LogP contribution in [0.2, 0.25) is 0 Å². The van der Waals surface area contributed by atoms with Crippen molar-refractivity contribution in [3.8, 4) is 0 Å². The zero-order chi connectivity index (χ0) is 19.9. The van der Waals surface area contributed by atoms with Crippen LogP contribution in [-0.4, -0.2) is 80.8 Å². The zero-order valence-corrected chi connectivity index (χ0v) is 16.7. The second kappa shape index (κ2) is 8.19. The first-order valence-electron chi connectivity index (χ1n) is 11.1. The fraction of sp³-hybridized carbons (Fsp3) is 0.952. The first-order chi connectivity index (χ1) is 13.4. The molecule has 160 valence electrons. The van der Waals surface area contributed by atoms with Gasteiger partial charge in [-0.25, -0.2) is 0 Å². The van der Waals surface area contributed by atoms with Crippen LogP contribution in [0.15, 0.2) is 0 Å². The average Bonchev–Trinajstić information content (AvgIpc) is 2.86. The molecular formula is C21H36N2O5. The molecule has 5 N–H and O–H groups in total. The second-order valence-electron chi connectivity index (χ2n) is 9.92. The molecule has 0 aromatic heterocycles. The number of amides is 1. The Bertz CT molecular complexity index is 520. The lowest BCUT2D eigenvalue weighted by molar-refractivity contribution is -0.127. The van der Waals surface area contributed by atoms with Crippen molar-refractivity contribution in [3.63, 3.8) is 0 Å². The summed E-state index contributed by atoms with van der Waals surface area (Å²) < 4.78 is 0. The molecule has 4 bridgehead atoms. The van der Waals surface area contributed by atoms with Crippen molar-refractivity contribution < 1.29 is 25.2 Å². The minimum atomic E-state index is -1.05. The van der Waals surface area contributed by atoms with Crippen LogP contribution < -0.4 is 5.32 Å². The molecule has 1 amide bonds. The van der Waals surface area contributed by atoms with E-state index in [1.165, 1.54) is 19.3 Å². The molecule has 4 atom stereocenters. The maximum atomic E-state index is 12.6. The van der Waals surface area contributed by atoms with E-state index in [-0.39, 0.29) is 24.7 Å². The van der Waals surface area contributed by atoms with Crippen LogP contribution in [-0.2, 0) is 4.79 Å². The molecule has 1 heterocycles. The summed E-state index contributed by atoms with van der Waals surface area (Å²) in [6, 6.07) is -1.12. The number of unbranched alkanes of at least 4 members (excludes halogenated alkanes) is 1. The van der Waals surface area contributed by atoms with Crippen LogP contribution in [0.4, 0.5) is 0 Å². The number of nitrogens with zero attached hydrogens (tertiary/aromatic N) is 1. The molecule has 1 saturated heterocycles. The van der Waals surface area contributed by atoms with E-state index >= 15 is 0 Å². The Kier molecular flexibility index (Phi) is 6.00. The van der Waals surface area contributed by atoms with Crippen LogP contribution in [0.5, 0.6) is 0 Å². The molecule has 0 radical (unpaired) electrons. The summed E-state index contributed by atoms with van der Waals surface area (Å²) in [5.74, 6) is 2.57. The summed E-state index contributed by atoms with van der Waals surface area (Å²) in [4.78, 5) is 14.4. The number of aliphatic hydroxyl groups excluding tert-OH is 4. The van der Waals surface area contributed by atoms with Crippen LogP contribution in [0, 0.1) is 17.8 Å². The Morgan fingerprint density at radius 3 is 1.86 bits per heavy atom. The van der Waals surface area contributed by atoms with Crippen LogP contribution in [0.25, 0.3) is 0 Å². The Labute approximate surface area is 167 Å². The minimum Gasteiger partial charge on any atom is -0.395 e. The summed E-state index contributed by atoms with van der Waals surface area (Å²) in [7, 11) is 0. The van der Waals surface area contributed by atoms with Crippen molar-refractivity contribution >= 4 is 5.91 Å². The molecule has 0 unspecified atom stereocenters. The molecule has 0 aromatic carbocycles. The number of aliphatic hydroxyl groups is 4. The maximum absolute atomic E-state index is 12.6. The summed E-state index contributed by atoms with van der Waals surface area (Å²) in [5, 5.41) is 42.5. The number of hydrogen-bond donors (Lipinski definition) is 5. The summed E-state index contributed by atoms with van der Waals surface area (Å²) in [6.07, 6.45) is 7.37. The predicted molar refractivity (Wildman–Crippen MR) is 103 cm³/mol. The number of rotatable bonds is 8. The lowest BCUT2D eigenvalue weighted by Crippen LogP contribution is -2.59. The summed E-state index contributed by atoms with van der Waals surface area (Å²) >= 11 is 0. The van der Waals surface area contributed by atoms with Gasteiger partial charge in [-0.05, 0) is 75.7 Å². The smallest absolute Gasteiger partial charge is 0.220 e. The van der Waals surface area contributed by atoms with E-state index in [0.717, 1.165) is 49.9 Å². The number of carbonyl (C=O) groups is 1.